The Labute approximate surface area is 432 Å². The molecule has 0 heterocycles. The van der Waals surface area contributed by atoms with Crippen LogP contribution in [-0.4, -0.2) is 37.9 Å². The molecule has 70 heavy (non-hydrogen) atoms. The van der Waals surface area contributed by atoms with E-state index < -0.39 is 6.10 Å². The van der Waals surface area contributed by atoms with E-state index in [0.717, 1.165) is 128 Å². The van der Waals surface area contributed by atoms with Gasteiger partial charge in [0.05, 0.1) is 6.61 Å². The molecule has 0 aliphatic carbocycles. The predicted octanol–water partition coefficient (Wildman–Crippen LogP) is 19.9. The van der Waals surface area contributed by atoms with E-state index in [2.05, 4.69) is 154 Å². The number of carbonyl (C=O) groups excluding carboxylic acids is 2. The first kappa shape index (κ1) is 66.0. The first-order valence-corrected chi connectivity index (χ1v) is 28.7. The van der Waals surface area contributed by atoms with Crippen molar-refractivity contribution in [1.29, 1.82) is 0 Å². The number of rotatable bonds is 51. The summed E-state index contributed by atoms with van der Waals surface area (Å²) in [6.07, 6.45) is 84.7. The Bertz CT molecular complexity index is 1470. The van der Waals surface area contributed by atoms with Crippen LogP contribution in [0, 0.1) is 0 Å². The van der Waals surface area contributed by atoms with E-state index in [-0.39, 0.29) is 25.2 Å². The summed E-state index contributed by atoms with van der Waals surface area (Å²) in [5.74, 6) is -0.480. The number of esters is 2. The molecule has 0 aromatic carbocycles. The van der Waals surface area contributed by atoms with Gasteiger partial charge in [-0.2, -0.15) is 0 Å². The fraction of sp³-hybridized carbons (Fsp3) is 0.631. The van der Waals surface area contributed by atoms with E-state index >= 15 is 0 Å². The van der Waals surface area contributed by atoms with Crippen LogP contribution in [0.25, 0.3) is 0 Å². The zero-order valence-corrected chi connectivity index (χ0v) is 45.5. The minimum atomic E-state index is -0.581. The highest BCUT2D eigenvalue weighted by Crippen LogP contribution is 2.12. The van der Waals surface area contributed by atoms with Crippen molar-refractivity contribution in [2.75, 3.05) is 19.8 Å². The quantitative estimate of drug-likeness (QED) is 0.0345. The van der Waals surface area contributed by atoms with E-state index in [1.54, 1.807) is 0 Å². The Morgan fingerprint density at radius 3 is 1.04 bits per heavy atom. The molecule has 5 heteroatoms. The van der Waals surface area contributed by atoms with E-state index in [4.69, 9.17) is 14.2 Å². The average Bonchev–Trinajstić information content (AvgIpc) is 3.36. The Balaban J connectivity index is 4.45. The Hall–Kier alpha value is -3.96. The SMILES string of the molecule is CC/C=C\C/C=C\C/C=C\C/C=C\C/C=C\CCCCCC(=O)OCC(COCCCCCCCC/C=C\CCCCCCCC)OC(=O)CCCCC/C=C\C/C=C\C/C=C\C/C=C\C/C=C\CC. The van der Waals surface area contributed by atoms with Crippen molar-refractivity contribution < 1.29 is 23.8 Å². The van der Waals surface area contributed by atoms with Crippen LogP contribution in [0.4, 0.5) is 0 Å². The van der Waals surface area contributed by atoms with Gasteiger partial charge in [-0.1, -0.05) is 225 Å². The van der Waals surface area contributed by atoms with Crippen LogP contribution in [0.3, 0.4) is 0 Å². The highest BCUT2D eigenvalue weighted by atomic mass is 16.6. The van der Waals surface area contributed by atoms with Gasteiger partial charge in [0.15, 0.2) is 6.10 Å². The summed E-state index contributed by atoms with van der Waals surface area (Å²) in [7, 11) is 0. The highest BCUT2D eigenvalue weighted by Gasteiger charge is 2.17. The van der Waals surface area contributed by atoms with Gasteiger partial charge in [0, 0.05) is 19.4 Å². The van der Waals surface area contributed by atoms with E-state index in [1.807, 2.05) is 0 Å². The molecule has 0 radical (unpaired) electrons. The summed E-state index contributed by atoms with van der Waals surface area (Å²) in [6.45, 7) is 7.51. The van der Waals surface area contributed by atoms with Gasteiger partial charge >= 0.3 is 11.9 Å². The average molecular weight is 968 g/mol. The third-order valence-electron chi connectivity index (χ3n) is 11.7. The molecule has 0 bridgehead atoms. The molecule has 0 spiro atoms. The fourth-order valence-corrected chi connectivity index (χ4v) is 7.44. The predicted molar refractivity (Wildman–Crippen MR) is 306 cm³/mol. The van der Waals surface area contributed by atoms with Crippen LogP contribution in [0.2, 0.25) is 0 Å². The lowest BCUT2D eigenvalue weighted by atomic mass is 10.1. The van der Waals surface area contributed by atoms with Gasteiger partial charge in [0.1, 0.15) is 6.61 Å². The van der Waals surface area contributed by atoms with Gasteiger partial charge in [-0.25, -0.2) is 0 Å². The highest BCUT2D eigenvalue weighted by molar-refractivity contribution is 5.70. The van der Waals surface area contributed by atoms with Crippen molar-refractivity contribution in [3.63, 3.8) is 0 Å². The van der Waals surface area contributed by atoms with Crippen molar-refractivity contribution in [2.24, 2.45) is 0 Å². The zero-order valence-electron chi connectivity index (χ0n) is 45.5. The maximum Gasteiger partial charge on any atom is 0.306 e. The number of hydrogen-bond donors (Lipinski definition) is 0. The zero-order chi connectivity index (χ0) is 50.6. The molecule has 0 aliphatic rings. The normalized spacial score (nSPS) is 13.2. The Morgan fingerprint density at radius 1 is 0.329 bits per heavy atom. The van der Waals surface area contributed by atoms with Gasteiger partial charge in [-0.05, 0) is 135 Å². The number of unbranched alkanes of at least 4 members (excludes halogenated alkanes) is 18. The molecular formula is C65H106O5. The van der Waals surface area contributed by atoms with E-state index in [0.29, 0.717) is 19.4 Å². The van der Waals surface area contributed by atoms with E-state index in [1.165, 1.54) is 77.0 Å². The van der Waals surface area contributed by atoms with Crippen molar-refractivity contribution in [1.82, 2.24) is 0 Å². The van der Waals surface area contributed by atoms with E-state index in [9.17, 15) is 9.59 Å². The summed E-state index contributed by atoms with van der Waals surface area (Å²) in [4.78, 5) is 25.5. The minimum absolute atomic E-state index is 0.0437. The van der Waals surface area contributed by atoms with Gasteiger partial charge in [0.2, 0.25) is 0 Å². The first-order chi connectivity index (χ1) is 34.6. The lowest BCUT2D eigenvalue weighted by Gasteiger charge is -2.18. The number of hydrogen-bond acceptors (Lipinski definition) is 5. The minimum Gasteiger partial charge on any atom is -0.462 e. The van der Waals surface area contributed by atoms with Gasteiger partial charge < -0.3 is 14.2 Å². The topological polar surface area (TPSA) is 61.8 Å². The Morgan fingerprint density at radius 2 is 0.643 bits per heavy atom. The Kier molecular flexibility index (Phi) is 56.0. The van der Waals surface area contributed by atoms with Crippen LogP contribution in [0.15, 0.2) is 134 Å². The molecule has 0 amide bonds. The second-order valence-electron chi connectivity index (χ2n) is 18.4. The van der Waals surface area contributed by atoms with Crippen molar-refractivity contribution in [3.8, 4) is 0 Å². The fourth-order valence-electron chi connectivity index (χ4n) is 7.44. The van der Waals surface area contributed by atoms with Crippen molar-refractivity contribution >= 4 is 11.9 Å². The van der Waals surface area contributed by atoms with Crippen molar-refractivity contribution in [3.05, 3.63) is 134 Å². The molecule has 0 N–H and O–H groups in total. The van der Waals surface area contributed by atoms with Crippen LogP contribution in [0.1, 0.15) is 239 Å². The summed E-state index contributed by atoms with van der Waals surface area (Å²) in [6, 6.07) is 0. The molecule has 0 saturated carbocycles. The summed E-state index contributed by atoms with van der Waals surface area (Å²) < 4.78 is 17.4. The lowest BCUT2D eigenvalue weighted by Crippen LogP contribution is -2.30. The molecule has 1 atom stereocenters. The maximum absolute atomic E-state index is 12.9. The van der Waals surface area contributed by atoms with Crippen LogP contribution in [0.5, 0.6) is 0 Å². The van der Waals surface area contributed by atoms with Gasteiger partial charge in [0.25, 0.3) is 0 Å². The molecule has 0 aromatic rings. The largest absolute Gasteiger partial charge is 0.462 e. The second kappa shape index (κ2) is 59.3. The molecule has 0 fully saturated rings. The van der Waals surface area contributed by atoms with Crippen LogP contribution < -0.4 is 0 Å². The lowest BCUT2D eigenvalue weighted by molar-refractivity contribution is -0.163. The molecule has 0 saturated heterocycles. The second-order valence-corrected chi connectivity index (χ2v) is 18.4. The van der Waals surface area contributed by atoms with Gasteiger partial charge in [-0.3, -0.25) is 9.59 Å². The standard InChI is InChI=1S/C65H106O5/c1-4-7-10-13-16-19-22-25-28-31-33-35-37-40-43-46-49-52-55-58-64(66)69-62-63(61-68-60-57-54-51-48-45-42-39-30-27-24-21-18-15-12-9-6-3)70-65(67)59-56-53-50-47-44-41-38-36-34-32-29-26-23-20-17-14-11-8-5-2/h7-8,10-11,16-17,19-20,25-30,33-36,40-41,43-44,63H,4-6,9,12-15,18,21-24,31-32,37-39,42,45-62H2,1-3H3/b10-7-,11-8-,19-16-,20-17-,28-25-,29-26-,30-27-,35-33-,36-34-,43-40-,44-41-. The number of ether oxygens (including phenoxy) is 3. The first-order valence-electron chi connectivity index (χ1n) is 28.7. The molecule has 1 unspecified atom stereocenters. The number of carbonyl (C=O) groups is 2. The smallest absolute Gasteiger partial charge is 0.306 e. The third-order valence-corrected chi connectivity index (χ3v) is 11.7. The summed E-state index contributed by atoms with van der Waals surface area (Å²) in [5, 5.41) is 0. The summed E-state index contributed by atoms with van der Waals surface area (Å²) >= 11 is 0. The molecule has 0 rings (SSSR count). The molecule has 5 nitrogen and oxygen atoms in total. The monoisotopic (exact) mass is 967 g/mol. The molecule has 0 aromatic heterocycles. The molecular weight excluding hydrogens is 861 g/mol. The van der Waals surface area contributed by atoms with Crippen molar-refractivity contribution in [2.45, 2.75) is 245 Å². The molecule has 0 aliphatic heterocycles. The third kappa shape index (κ3) is 56.6. The van der Waals surface area contributed by atoms with Gasteiger partial charge in [-0.15, -0.1) is 0 Å². The maximum atomic E-state index is 12.9. The van der Waals surface area contributed by atoms with Crippen LogP contribution in [-0.2, 0) is 23.8 Å². The number of allylic oxidation sites excluding steroid dienone is 22. The molecule has 396 valence electrons. The summed E-state index contributed by atoms with van der Waals surface area (Å²) in [5.41, 5.74) is 0. The van der Waals surface area contributed by atoms with Crippen LogP contribution >= 0.6 is 0 Å².